The number of anilines is 1. The van der Waals surface area contributed by atoms with Crippen molar-refractivity contribution in [1.29, 1.82) is 0 Å². The van der Waals surface area contributed by atoms with Crippen LogP contribution in [0.1, 0.15) is 36.8 Å². The normalized spacial score (nSPS) is 13.4. The Balaban J connectivity index is 2.02. The summed E-state index contributed by atoms with van der Waals surface area (Å²) in [5.74, 6) is 1.06. The molecule has 0 spiro atoms. The van der Waals surface area contributed by atoms with Gasteiger partial charge < -0.3 is 4.52 Å². The highest BCUT2D eigenvalue weighted by Gasteiger charge is 2.31. The molecule has 0 saturated heterocycles. The maximum atomic E-state index is 13.7. The molecule has 168 valence electrons. The number of nitrogens with zero attached hydrogens (tertiary/aromatic N) is 2. The van der Waals surface area contributed by atoms with Crippen molar-refractivity contribution in [2.45, 2.75) is 44.2 Å². The van der Waals surface area contributed by atoms with E-state index in [9.17, 15) is 13.8 Å². The molecule has 1 aromatic rings. The summed E-state index contributed by atoms with van der Waals surface area (Å²) >= 11 is 3.19. The Kier molecular flexibility index (Phi) is 8.33. The monoisotopic (exact) mass is 483 g/mol. The van der Waals surface area contributed by atoms with Gasteiger partial charge in [-0.25, -0.2) is 4.79 Å². The predicted molar refractivity (Wildman–Crippen MR) is 128 cm³/mol. The summed E-state index contributed by atoms with van der Waals surface area (Å²) in [5, 5.41) is 3.49. The number of aryl methyl sites for hydroxylation is 1. The second kappa shape index (κ2) is 10.8. The number of unbranched alkanes of at least 4 members (excludes halogenated alkanes) is 2. The van der Waals surface area contributed by atoms with E-state index in [-0.39, 0.29) is 19.1 Å². The molecular weight excluding hydrogens is 456 g/mol. The molecule has 2 heterocycles. The quantitative estimate of drug-likeness (QED) is 0.219. The van der Waals surface area contributed by atoms with Gasteiger partial charge in [0.05, 0.1) is 22.8 Å². The van der Waals surface area contributed by atoms with Crippen LogP contribution in [0.5, 0.6) is 0 Å². The van der Waals surface area contributed by atoms with Crippen molar-refractivity contribution >= 4 is 41.7 Å². The van der Waals surface area contributed by atoms with Gasteiger partial charge in [-0.1, -0.05) is 24.6 Å². The third kappa shape index (κ3) is 5.40. The second-order valence-corrected chi connectivity index (χ2v) is 11.7. The number of hydrogen-bond acceptors (Lipinski definition) is 6. The van der Waals surface area contributed by atoms with E-state index in [1.54, 1.807) is 58.9 Å². The van der Waals surface area contributed by atoms with Gasteiger partial charge in [0.25, 0.3) is 0 Å². The van der Waals surface area contributed by atoms with Gasteiger partial charge in [0.15, 0.2) is 5.82 Å². The number of rotatable bonds is 11. The number of fused-ring (bicyclic) bond motifs is 1. The Morgan fingerprint density at radius 1 is 1.23 bits per heavy atom. The smallest absolute Gasteiger partial charge is 0.310 e. The third-order valence-electron chi connectivity index (χ3n) is 4.80. The van der Waals surface area contributed by atoms with E-state index in [1.807, 2.05) is 19.9 Å². The third-order valence-corrected chi connectivity index (χ3v) is 9.44. The van der Waals surface area contributed by atoms with Crippen LogP contribution in [0.15, 0.2) is 39.3 Å². The van der Waals surface area contributed by atoms with E-state index in [0.717, 1.165) is 33.4 Å². The van der Waals surface area contributed by atoms with Crippen molar-refractivity contribution in [3.05, 3.63) is 51.4 Å². The number of aromatic nitrogens is 2. The zero-order chi connectivity index (χ0) is 22.4. The Labute approximate surface area is 190 Å². The molecule has 0 bridgehead atoms. The van der Waals surface area contributed by atoms with Crippen LogP contribution in [0.4, 0.5) is 10.2 Å². The average molecular weight is 484 g/mol. The van der Waals surface area contributed by atoms with Crippen molar-refractivity contribution in [3.63, 3.8) is 0 Å². The Hall–Kier alpha value is -1.67. The molecule has 0 fully saturated rings. The van der Waals surface area contributed by atoms with E-state index in [4.69, 9.17) is 4.52 Å². The van der Waals surface area contributed by atoms with E-state index >= 15 is 0 Å². The van der Waals surface area contributed by atoms with Gasteiger partial charge >= 0.3 is 13.2 Å². The molecule has 0 amide bonds. The van der Waals surface area contributed by atoms with Crippen LogP contribution in [-0.2, 0) is 9.09 Å². The first-order chi connectivity index (χ1) is 14.9. The lowest BCUT2D eigenvalue weighted by molar-refractivity contribution is 0.344. The number of alkyl halides is 1. The largest absolute Gasteiger partial charge is 0.354 e. The minimum atomic E-state index is -3.48. The summed E-state index contributed by atoms with van der Waals surface area (Å²) in [5.41, 5.74) is 1.00. The van der Waals surface area contributed by atoms with Crippen molar-refractivity contribution in [2.24, 2.45) is 0 Å². The first-order valence-electron chi connectivity index (χ1n) is 10.2. The van der Waals surface area contributed by atoms with Gasteiger partial charge in [0, 0.05) is 10.6 Å². The zero-order valence-corrected chi connectivity index (χ0v) is 20.4. The van der Waals surface area contributed by atoms with Gasteiger partial charge in [-0.05, 0) is 51.5 Å². The topological polar surface area (TPSA) is 73.2 Å². The van der Waals surface area contributed by atoms with E-state index in [1.165, 1.54) is 0 Å². The molecule has 0 saturated carbocycles. The molecule has 1 N–H and O–H groups in total. The average Bonchev–Trinajstić information content (AvgIpc) is 3.08. The number of nitrogens with one attached hydrogen (secondary N) is 1. The first-order valence-corrected chi connectivity index (χ1v) is 13.6. The van der Waals surface area contributed by atoms with Crippen molar-refractivity contribution in [3.8, 4) is 5.69 Å². The fourth-order valence-corrected chi connectivity index (χ4v) is 7.38. The molecule has 0 radical (unpaired) electrons. The highest BCUT2D eigenvalue weighted by atomic mass is 32.2. The highest BCUT2D eigenvalue weighted by Crippen LogP contribution is 2.48. The van der Waals surface area contributed by atoms with Crippen LogP contribution in [0.25, 0.3) is 5.69 Å². The lowest BCUT2D eigenvalue weighted by Crippen LogP contribution is -2.17. The summed E-state index contributed by atoms with van der Waals surface area (Å²) in [6, 6.07) is 8.90. The van der Waals surface area contributed by atoms with Crippen LogP contribution in [-0.4, -0.2) is 28.6 Å². The Bertz CT molecular complexity index is 1090. The summed E-state index contributed by atoms with van der Waals surface area (Å²) < 4.78 is 34.2. The van der Waals surface area contributed by atoms with Crippen LogP contribution in [0.3, 0.4) is 0 Å². The summed E-state index contributed by atoms with van der Waals surface area (Å²) in [4.78, 5) is 18.0. The molecule has 1 aromatic carbocycles. The highest BCUT2D eigenvalue weighted by molar-refractivity contribution is 8.01. The molecule has 6 nitrogen and oxygen atoms in total. The number of thioether (sulfide) groups is 1. The molecule has 1 unspecified atom stereocenters. The molecule has 10 heteroatoms. The second-order valence-electron chi connectivity index (χ2n) is 6.97. The number of imidazole rings is 1. The molecule has 31 heavy (non-hydrogen) atoms. The Morgan fingerprint density at radius 3 is 2.65 bits per heavy atom. The molecule has 2 aliphatic heterocycles. The maximum Gasteiger partial charge on any atom is 0.354 e. The van der Waals surface area contributed by atoms with Crippen LogP contribution in [0, 0.1) is 13.8 Å². The standard InChI is InChI=1S/C21H27FN3O3PS2/c1-4-28-29(27,17-11-7-5-8-12-17)24-19-18-20(30-14-10-6-9-13-22)31-16(3)15(2)25(18)21(26)23-19/h5,7-8,11-12H,4,6,9-10,13-14H2,1-3H3,(H,23,24,26,27). The molecule has 0 aliphatic carbocycles. The predicted octanol–water partition coefficient (Wildman–Crippen LogP) is 5.55. The van der Waals surface area contributed by atoms with Crippen molar-refractivity contribution in [1.82, 2.24) is 9.55 Å². The molecule has 0 aromatic heterocycles. The molecule has 2 aliphatic rings. The molecular formula is C21H27FN3O3PS2. The Morgan fingerprint density at radius 2 is 1.97 bits per heavy atom. The van der Waals surface area contributed by atoms with Crippen LogP contribution in [0.2, 0.25) is 0 Å². The molecule has 3 rings (SSSR count). The number of hydrogen-bond donors (Lipinski definition) is 1. The summed E-state index contributed by atoms with van der Waals surface area (Å²) in [7, 11) is -3.48. The minimum absolute atomic E-state index is 0.242. The van der Waals surface area contributed by atoms with E-state index in [2.05, 4.69) is 10.1 Å². The van der Waals surface area contributed by atoms with Crippen molar-refractivity contribution in [2.75, 3.05) is 24.1 Å². The number of halogens is 1. The number of benzene rings is 1. The fraction of sp³-hybridized carbons (Fsp3) is 0.429. The zero-order valence-electron chi connectivity index (χ0n) is 17.9. The SMILES string of the molecule is CCOP(=O)(Nc1nc(=O)n2c(C)c(C)sc(SCCCCCF)c1-2)c1ccccc1. The van der Waals surface area contributed by atoms with E-state index < -0.39 is 13.2 Å². The van der Waals surface area contributed by atoms with Gasteiger partial charge in [-0.15, -0.1) is 23.1 Å². The van der Waals surface area contributed by atoms with Gasteiger partial charge in [-0.3, -0.25) is 18.6 Å². The van der Waals surface area contributed by atoms with Crippen molar-refractivity contribution < 1.29 is 13.5 Å². The lowest BCUT2D eigenvalue weighted by Gasteiger charge is -2.21. The minimum Gasteiger partial charge on any atom is -0.310 e. The summed E-state index contributed by atoms with van der Waals surface area (Å²) in [6.07, 6.45) is 2.26. The van der Waals surface area contributed by atoms with Crippen LogP contribution >= 0.6 is 30.6 Å². The first kappa shape index (κ1) is 24.0. The van der Waals surface area contributed by atoms with Gasteiger partial charge in [-0.2, -0.15) is 4.98 Å². The van der Waals surface area contributed by atoms with Gasteiger partial charge in [0.1, 0.15) is 5.69 Å². The fourth-order valence-electron chi connectivity index (χ4n) is 3.15. The maximum absolute atomic E-state index is 13.7. The lowest BCUT2D eigenvalue weighted by atomic mass is 10.3. The van der Waals surface area contributed by atoms with E-state index in [0.29, 0.717) is 17.4 Å². The molecule has 1 atom stereocenters. The summed E-state index contributed by atoms with van der Waals surface area (Å²) in [6.45, 7) is 5.56. The van der Waals surface area contributed by atoms with Crippen LogP contribution < -0.4 is 16.1 Å². The van der Waals surface area contributed by atoms with Gasteiger partial charge in [0.2, 0.25) is 0 Å².